The van der Waals surface area contributed by atoms with Crippen LogP contribution in [-0.4, -0.2) is 32.8 Å². The summed E-state index contributed by atoms with van der Waals surface area (Å²) >= 11 is 0. The molecule has 13 heavy (non-hydrogen) atoms. The molecule has 0 bridgehead atoms. The Bertz CT molecular complexity index is 290. The first kappa shape index (κ1) is 8.25. The number of hydrogen-bond acceptors (Lipinski definition) is 3. The highest BCUT2D eigenvalue weighted by molar-refractivity contribution is 5.76. The highest BCUT2D eigenvalue weighted by atomic mass is 16.3. The maximum Gasteiger partial charge on any atom is 0.327 e. The van der Waals surface area contributed by atoms with Gasteiger partial charge in [-0.1, -0.05) is 0 Å². The molecule has 1 heterocycles. The van der Waals surface area contributed by atoms with Gasteiger partial charge in [0.2, 0.25) is 0 Å². The molecule has 0 aromatic carbocycles. The first-order chi connectivity index (χ1) is 6.25. The molecule has 0 radical (unpaired) electrons. The van der Waals surface area contributed by atoms with Gasteiger partial charge in [0, 0.05) is 18.4 Å². The van der Waals surface area contributed by atoms with E-state index in [1.54, 1.807) is 12.4 Å². The third-order valence-electron chi connectivity index (χ3n) is 2.18. The van der Waals surface area contributed by atoms with Crippen molar-refractivity contribution in [1.29, 1.82) is 0 Å². The second kappa shape index (κ2) is 3.18. The van der Waals surface area contributed by atoms with Gasteiger partial charge in [-0.25, -0.2) is 9.78 Å². The smallest absolute Gasteiger partial charge is 0.327 e. The fraction of sp³-hybridized carbons (Fsp3) is 0.500. The van der Waals surface area contributed by atoms with E-state index in [4.69, 9.17) is 5.11 Å². The number of hydrogen-bond donors (Lipinski definition) is 2. The molecule has 1 aliphatic carbocycles. The molecule has 1 fully saturated rings. The van der Waals surface area contributed by atoms with Crippen LogP contribution in [-0.2, 0) is 0 Å². The highest BCUT2D eigenvalue weighted by Crippen LogP contribution is 2.19. The number of imidazole rings is 1. The fourth-order valence-electron chi connectivity index (χ4n) is 1.33. The molecule has 1 aromatic heterocycles. The summed E-state index contributed by atoms with van der Waals surface area (Å²) in [7, 11) is 0. The summed E-state index contributed by atoms with van der Waals surface area (Å²) in [5.74, 6) is 0. The summed E-state index contributed by atoms with van der Waals surface area (Å²) in [6.07, 6.45) is 5.65. The Morgan fingerprint density at radius 1 is 1.62 bits per heavy atom. The number of carbonyl (C=O) groups is 1. The van der Waals surface area contributed by atoms with E-state index in [2.05, 4.69) is 10.3 Å². The van der Waals surface area contributed by atoms with Crippen molar-refractivity contribution >= 4 is 6.03 Å². The summed E-state index contributed by atoms with van der Waals surface area (Å²) < 4.78 is 1.38. The van der Waals surface area contributed by atoms with Crippen LogP contribution in [0.1, 0.15) is 12.8 Å². The molecule has 2 rings (SSSR count). The predicted molar refractivity (Wildman–Crippen MR) is 45.2 cm³/mol. The van der Waals surface area contributed by atoms with Crippen LogP contribution in [0.5, 0.6) is 0 Å². The normalized spacial score (nSPS) is 26.5. The van der Waals surface area contributed by atoms with E-state index >= 15 is 0 Å². The van der Waals surface area contributed by atoms with Crippen LogP contribution in [0, 0.1) is 0 Å². The lowest BCUT2D eigenvalue weighted by Gasteiger charge is -2.31. The minimum absolute atomic E-state index is 0.116. The Labute approximate surface area is 75.4 Å². The largest absolute Gasteiger partial charge is 0.393 e. The Balaban J connectivity index is 1.86. The van der Waals surface area contributed by atoms with Crippen molar-refractivity contribution in [2.24, 2.45) is 0 Å². The van der Waals surface area contributed by atoms with Crippen LogP contribution in [0.2, 0.25) is 0 Å². The molecule has 0 aliphatic heterocycles. The number of aromatic nitrogens is 2. The van der Waals surface area contributed by atoms with Gasteiger partial charge in [0.25, 0.3) is 0 Å². The zero-order chi connectivity index (χ0) is 9.26. The predicted octanol–water partition coefficient (Wildman–Crippen LogP) is -0.0359. The third-order valence-corrected chi connectivity index (χ3v) is 2.18. The zero-order valence-electron chi connectivity index (χ0n) is 7.05. The number of nitrogens with one attached hydrogen (secondary N) is 1. The van der Waals surface area contributed by atoms with E-state index in [1.165, 1.54) is 10.9 Å². The first-order valence-electron chi connectivity index (χ1n) is 4.22. The van der Waals surface area contributed by atoms with Crippen molar-refractivity contribution < 1.29 is 9.90 Å². The number of amides is 1. The molecule has 70 valence electrons. The summed E-state index contributed by atoms with van der Waals surface area (Å²) in [6, 6.07) is -0.0701. The second-order valence-electron chi connectivity index (χ2n) is 3.24. The molecule has 5 nitrogen and oxygen atoms in total. The monoisotopic (exact) mass is 181 g/mol. The van der Waals surface area contributed by atoms with Crippen molar-refractivity contribution in [1.82, 2.24) is 14.9 Å². The number of carbonyl (C=O) groups excluding carboxylic acids is 1. The Hall–Kier alpha value is -1.36. The van der Waals surface area contributed by atoms with Crippen LogP contribution in [0.15, 0.2) is 18.7 Å². The van der Waals surface area contributed by atoms with Crippen LogP contribution < -0.4 is 5.32 Å². The average Bonchev–Trinajstić information content (AvgIpc) is 2.53. The van der Waals surface area contributed by atoms with Crippen LogP contribution in [0.3, 0.4) is 0 Å². The molecule has 5 heteroatoms. The maximum atomic E-state index is 11.3. The summed E-state index contributed by atoms with van der Waals surface area (Å²) in [6.45, 7) is 0. The summed E-state index contributed by atoms with van der Waals surface area (Å²) in [5.41, 5.74) is 0. The molecule has 2 N–H and O–H groups in total. The standard InChI is InChI=1S/C8H11N3O2/c12-7-3-6(4-7)10-8(13)11-2-1-9-5-11/h1-2,5-7,12H,3-4H2,(H,10,13). The van der Waals surface area contributed by atoms with Gasteiger partial charge in [0.05, 0.1) is 6.10 Å². The van der Waals surface area contributed by atoms with Crippen LogP contribution in [0.25, 0.3) is 0 Å². The molecule has 0 spiro atoms. The maximum absolute atomic E-state index is 11.3. The summed E-state index contributed by atoms with van der Waals surface area (Å²) in [5, 5.41) is 11.8. The molecular weight excluding hydrogens is 170 g/mol. The number of nitrogens with zero attached hydrogens (tertiary/aromatic N) is 2. The lowest BCUT2D eigenvalue weighted by Crippen LogP contribution is -2.47. The van der Waals surface area contributed by atoms with Gasteiger partial charge in [0.1, 0.15) is 6.33 Å². The van der Waals surface area contributed by atoms with Gasteiger partial charge >= 0.3 is 6.03 Å². The van der Waals surface area contributed by atoms with E-state index in [0.717, 1.165) is 0 Å². The van der Waals surface area contributed by atoms with E-state index in [9.17, 15) is 4.79 Å². The van der Waals surface area contributed by atoms with E-state index < -0.39 is 0 Å². The van der Waals surface area contributed by atoms with Crippen molar-refractivity contribution in [2.75, 3.05) is 0 Å². The number of rotatable bonds is 1. The van der Waals surface area contributed by atoms with Crippen molar-refractivity contribution in [3.05, 3.63) is 18.7 Å². The van der Waals surface area contributed by atoms with Gasteiger partial charge in [-0.15, -0.1) is 0 Å². The fourth-order valence-corrected chi connectivity index (χ4v) is 1.33. The van der Waals surface area contributed by atoms with Crippen molar-refractivity contribution in [3.63, 3.8) is 0 Å². The van der Waals surface area contributed by atoms with Gasteiger partial charge in [-0.3, -0.25) is 4.57 Å². The molecule has 1 saturated carbocycles. The molecule has 1 aliphatic rings. The highest BCUT2D eigenvalue weighted by Gasteiger charge is 2.28. The van der Waals surface area contributed by atoms with Gasteiger partial charge in [-0.2, -0.15) is 0 Å². The van der Waals surface area contributed by atoms with E-state index in [0.29, 0.717) is 12.8 Å². The quantitative estimate of drug-likeness (QED) is 0.639. The van der Waals surface area contributed by atoms with E-state index in [1.807, 2.05) is 0 Å². The SMILES string of the molecule is O=C(NC1CC(O)C1)n1ccnc1. The number of aliphatic hydroxyl groups excluding tert-OH is 1. The second-order valence-corrected chi connectivity index (χ2v) is 3.24. The Morgan fingerprint density at radius 3 is 2.92 bits per heavy atom. The van der Waals surface area contributed by atoms with Gasteiger partial charge < -0.3 is 10.4 Å². The number of aliphatic hydroxyl groups is 1. The molecule has 0 unspecified atom stereocenters. The van der Waals surface area contributed by atoms with Gasteiger partial charge in [0.15, 0.2) is 0 Å². The summed E-state index contributed by atoms with van der Waals surface area (Å²) in [4.78, 5) is 15.1. The van der Waals surface area contributed by atoms with Crippen LogP contribution >= 0.6 is 0 Å². The Kier molecular flexibility index (Phi) is 2.02. The molecule has 0 saturated heterocycles. The first-order valence-corrected chi connectivity index (χ1v) is 4.22. The molecule has 0 atom stereocenters. The van der Waals surface area contributed by atoms with Crippen molar-refractivity contribution in [3.8, 4) is 0 Å². The van der Waals surface area contributed by atoms with Gasteiger partial charge in [-0.05, 0) is 12.8 Å². The molecule has 1 amide bonds. The topological polar surface area (TPSA) is 67.2 Å². The van der Waals surface area contributed by atoms with Crippen LogP contribution in [0.4, 0.5) is 4.79 Å². The van der Waals surface area contributed by atoms with E-state index in [-0.39, 0.29) is 18.2 Å². The minimum atomic E-state index is -0.243. The molecule has 1 aromatic rings. The minimum Gasteiger partial charge on any atom is -0.393 e. The lowest BCUT2D eigenvalue weighted by molar-refractivity contribution is 0.0664. The molecular formula is C8H11N3O2. The average molecular weight is 181 g/mol. The third kappa shape index (κ3) is 1.70. The zero-order valence-corrected chi connectivity index (χ0v) is 7.05. The van der Waals surface area contributed by atoms with Crippen molar-refractivity contribution in [2.45, 2.75) is 25.0 Å². The Morgan fingerprint density at radius 2 is 2.38 bits per heavy atom. The lowest BCUT2D eigenvalue weighted by atomic mass is 9.90.